The van der Waals surface area contributed by atoms with Gasteiger partial charge >= 0.3 is 0 Å². The molecular formula is C18H17BrN2O. The van der Waals surface area contributed by atoms with Gasteiger partial charge in [-0.25, -0.2) is 0 Å². The Morgan fingerprint density at radius 1 is 1.14 bits per heavy atom. The molecule has 0 fully saturated rings. The van der Waals surface area contributed by atoms with Gasteiger partial charge in [0.15, 0.2) is 0 Å². The third-order valence-corrected chi connectivity index (χ3v) is 3.68. The molecule has 0 spiro atoms. The van der Waals surface area contributed by atoms with Crippen molar-refractivity contribution in [2.24, 2.45) is 5.73 Å². The molecule has 1 amide bonds. The van der Waals surface area contributed by atoms with Crippen molar-refractivity contribution < 1.29 is 4.79 Å². The first-order valence-corrected chi connectivity index (χ1v) is 7.59. The van der Waals surface area contributed by atoms with Gasteiger partial charge in [-0.3, -0.25) is 4.79 Å². The molecule has 0 aliphatic carbocycles. The van der Waals surface area contributed by atoms with Crippen LogP contribution in [0.5, 0.6) is 0 Å². The SMILES string of the molecule is Brc1ccc(Cn2ccc3ccccc32)cc1.C=CC(N)=O. The highest BCUT2D eigenvalue weighted by Gasteiger charge is 2.00. The van der Waals surface area contributed by atoms with Crippen LogP contribution in [0.3, 0.4) is 0 Å². The van der Waals surface area contributed by atoms with Gasteiger partial charge in [0, 0.05) is 22.7 Å². The predicted octanol–water partition coefficient (Wildman–Crippen LogP) is 4.11. The Hall–Kier alpha value is -2.33. The molecule has 112 valence electrons. The fourth-order valence-electron chi connectivity index (χ4n) is 2.06. The Morgan fingerprint density at radius 2 is 1.77 bits per heavy atom. The largest absolute Gasteiger partial charge is 0.366 e. The van der Waals surface area contributed by atoms with Gasteiger partial charge in [-0.05, 0) is 41.3 Å². The van der Waals surface area contributed by atoms with E-state index >= 15 is 0 Å². The molecule has 0 unspecified atom stereocenters. The van der Waals surface area contributed by atoms with Crippen LogP contribution >= 0.6 is 15.9 Å². The molecule has 1 aromatic heterocycles. The maximum Gasteiger partial charge on any atom is 0.240 e. The summed E-state index contributed by atoms with van der Waals surface area (Å²) in [4.78, 5) is 9.47. The summed E-state index contributed by atoms with van der Waals surface area (Å²) >= 11 is 3.46. The van der Waals surface area contributed by atoms with Crippen LogP contribution in [0, 0.1) is 0 Å². The van der Waals surface area contributed by atoms with Gasteiger partial charge in [-0.15, -0.1) is 0 Å². The molecule has 0 aliphatic rings. The van der Waals surface area contributed by atoms with Crippen LogP contribution in [-0.2, 0) is 11.3 Å². The van der Waals surface area contributed by atoms with Crippen LogP contribution in [0.4, 0.5) is 0 Å². The lowest BCUT2D eigenvalue weighted by molar-refractivity contribution is -0.113. The maximum atomic E-state index is 9.47. The molecule has 0 bridgehead atoms. The quantitative estimate of drug-likeness (QED) is 0.705. The summed E-state index contributed by atoms with van der Waals surface area (Å²) in [5.41, 5.74) is 7.14. The lowest BCUT2D eigenvalue weighted by Crippen LogP contribution is -2.04. The molecule has 22 heavy (non-hydrogen) atoms. The van der Waals surface area contributed by atoms with Crippen molar-refractivity contribution in [2.45, 2.75) is 6.54 Å². The van der Waals surface area contributed by atoms with Crippen molar-refractivity contribution in [3.05, 3.63) is 83.5 Å². The minimum atomic E-state index is -0.481. The predicted molar refractivity (Wildman–Crippen MR) is 94.6 cm³/mol. The van der Waals surface area contributed by atoms with E-state index in [1.807, 2.05) is 0 Å². The minimum Gasteiger partial charge on any atom is -0.366 e. The first-order valence-electron chi connectivity index (χ1n) is 6.80. The Labute approximate surface area is 138 Å². The zero-order valence-corrected chi connectivity index (χ0v) is 13.7. The molecule has 2 aromatic carbocycles. The molecule has 3 nitrogen and oxygen atoms in total. The summed E-state index contributed by atoms with van der Waals surface area (Å²) < 4.78 is 3.40. The maximum absolute atomic E-state index is 9.47. The van der Waals surface area contributed by atoms with Crippen LogP contribution in [0.1, 0.15) is 5.56 Å². The van der Waals surface area contributed by atoms with Gasteiger partial charge in [0.2, 0.25) is 5.91 Å². The summed E-state index contributed by atoms with van der Waals surface area (Å²) in [7, 11) is 0. The Morgan fingerprint density at radius 3 is 2.41 bits per heavy atom. The topological polar surface area (TPSA) is 48.0 Å². The Balaban J connectivity index is 0.000000309. The number of amides is 1. The number of fused-ring (bicyclic) bond motifs is 1. The summed E-state index contributed by atoms with van der Waals surface area (Å²) in [6.07, 6.45) is 3.20. The minimum absolute atomic E-state index is 0.481. The second-order valence-electron chi connectivity index (χ2n) is 4.74. The third-order valence-electron chi connectivity index (χ3n) is 3.15. The average molecular weight is 357 g/mol. The molecule has 0 atom stereocenters. The van der Waals surface area contributed by atoms with Gasteiger partial charge in [0.1, 0.15) is 0 Å². The van der Waals surface area contributed by atoms with Crippen molar-refractivity contribution in [3.8, 4) is 0 Å². The number of rotatable bonds is 3. The standard InChI is InChI=1S/C15H12BrN.C3H5NO/c16-14-7-5-12(6-8-14)11-17-10-9-13-3-1-2-4-15(13)17;1-2-3(4)5/h1-10H,11H2;2H,1H2,(H2,4,5). The van der Waals surface area contributed by atoms with Gasteiger partial charge in [-0.1, -0.05) is 52.8 Å². The van der Waals surface area contributed by atoms with Crippen molar-refractivity contribution in [1.29, 1.82) is 0 Å². The van der Waals surface area contributed by atoms with Crippen molar-refractivity contribution in [3.63, 3.8) is 0 Å². The van der Waals surface area contributed by atoms with Gasteiger partial charge < -0.3 is 10.3 Å². The molecule has 3 aromatic rings. The number of halogens is 1. The summed E-state index contributed by atoms with van der Waals surface area (Å²) in [5, 5.41) is 1.30. The van der Waals surface area contributed by atoms with Crippen LogP contribution in [-0.4, -0.2) is 10.5 Å². The van der Waals surface area contributed by atoms with Crippen molar-refractivity contribution >= 4 is 32.7 Å². The molecule has 0 saturated carbocycles. The number of primary amides is 1. The normalized spacial score (nSPS) is 9.86. The molecule has 4 heteroatoms. The van der Waals surface area contributed by atoms with Crippen LogP contribution in [0.2, 0.25) is 0 Å². The molecule has 1 heterocycles. The van der Waals surface area contributed by atoms with Crippen LogP contribution in [0.25, 0.3) is 10.9 Å². The number of nitrogens with zero attached hydrogens (tertiary/aromatic N) is 1. The molecular weight excluding hydrogens is 340 g/mol. The Bertz CT molecular complexity index is 775. The number of nitrogens with two attached hydrogens (primary N) is 1. The third kappa shape index (κ3) is 4.33. The fourth-order valence-corrected chi connectivity index (χ4v) is 2.33. The zero-order chi connectivity index (χ0) is 15.9. The first-order chi connectivity index (χ1) is 10.6. The van der Waals surface area contributed by atoms with E-state index < -0.39 is 5.91 Å². The van der Waals surface area contributed by atoms with Gasteiger partial charge in [-0.2, -0.15) is 0 Å². The summed E-state index contributed by atoms with van der Waals surface area (Å²) in [6.45, 7) is 4.00. The summed E-state index contributed by atoms with van der Waals surface area (Å²) in [6, 6.07) is 19.1. The van der Waals surface area contributed by atoms with Crippen LogP contribution in [0.15, 0.2) is 77.9 Å². The number of carbonyl (C=O) groups is 1. The van der Waals surface area contributed by atoms with E-state index in [1.165, 1.54) is 16.5 Å². The molecule has 3 rings (SSSR count). The average Bonchev–Trinajstić information content (AvgIpc) is 2.93. The lowest BCUT2D eigenvalue weighted by atomic mass is 10.2. The molecule has 0 saturated heterocycles. The molecule has 2 N–H and O–H groups in total. The zero-order valence-electron chi connectivity index (χ0n) is 12.1. The highest BCUT2D eigenvalue weighted by Crippen LogP contribution is 2.17. The van der Waals surface area contributed by atoms with Crippen LogP contribution < -0.4 is 5.73 Å². The van der Waals surface area contributed by atoms with Crippen molar-refractivity contribution in [2.75, 3.05) is 0 Å². The van der Waals surface area contributed by atoms with Gasteiger partial charge in [0.25, 0.3) is 0 Å². The lowest BCUT2D eigenvalue weighted by Gasteiger charge is -2.05. The number of hydrogen-bond donors (Lipinski definition) is 1. The van der Waals surface area contributed by atoms with E-state index in [1.54, 1.807) is 0 Å². The number of benzene rings is 2. The second kappa shape index (κ2) is 7.61. The molecule has 0 radical (unpaired) electrons. The number of carbonyl (C=O) groups excluding carboxylic acids is 1. The van der Waals surface area contributed by atoms with E-state index in [9.17, 15) is 4.79 Å². The van der Waals surface area contributed by atoms with Crippen molar-refractivity contribution in [1.82, 2.24) is 4.57 Å². The number of aromatic nitrogens is 1. The molecule has 0 aliphatic heterocycles. The smallest absolute Gasteiger partial charge is 0.240 e. The van der Waals surface area contributed by atoms with E-state index in [0.717, 1.165) is 17.1 Å². The Kier molecular flexibility index (Phi) is 5.55. The van der Waals surface area contributed by atoms with E-state index in [-0.39, 0.29) is 0 Å². The number of para-hydroxylation sites is 1. The van der Waals surface area contributed by atoms with E-state index in [4.69, 9.17) is 0 Å². The number of hydrogen-bond acceptors (Lipinski definition) is 1. The van der Waals surface area contributed by atoms with Gasteiger partial charge in [0.05, 0.1) is 0 Å². The summed E-state index contributed by atoms with van der Waals surface area (Å²) in [5.74, 6) is -0.481. The first kappa shape index (κ1) is 16.0. The second-order valence-corrected chi connectivity index (χ2v) is 5.65. The monoisotopic (exact) mass is 356 g/mol. The highest BCUT2D eigenvalue weighted by molar-refractivity contribution is 9.10. The van der Waals surface area contributed by atoms with E-state index in [0.29, 0.717) is 0 Å². The fraction of sp³-hybridized carbons (Fsp3) is 0.0556. The highest BCUT2D eigenvalue weighted by atomic mass is 79.9. The van der Waals surface area contributed by atoms with E-state index in [2.05, 4.69) is 93.6 Å².